The molecule has 0 bridgehead atoms. The molecule has 1 aliphatic rings. The van der Waals surface area contributed by atoms with Crippen molar-refractivity contribution < 1.29 is 0 Å². The van der Waals surface area contributed by atoms with Gasteiger partial charge in [0.05, 0.1) is 0 Å². The van der Waals surface area contributed by atoms with Crippen LogP contribution in [0.1, 0.15) is 5.56 Å². The molecule has 1 aromatic rings. The molecule has 0 nitrogen and oxygen atoms in total. The standard InChI is InChI=1S/C10H13B/c1-2-4-9(5-3-1)6-10-7-11-8-10/h1-5,10-11H,6-8H2. The molecule has 0 aromatic heterocycles. The number of benzene rings is 1. The summed E-state index contributed by atoms with van der Waals surface area (Å²) in [6, 6.07) is 10.8. The van der Waals surface area contributed by atoms with Crippen LogP contribution in [0.3, 0.4) is 0 Å². The van der Waals surface area contributed by atoms with Gasteiger partial charge in [-0.05, 0) is 12.0 Å². The van der Waals surface area contributed by atoms with Crippen LogP contribution in [-0.2, 0) is 6.42 Å². The summed E-state index contributed by atoms with van der Waals surface area (Å²) in [6.07, 6.45) is 4.21. The quantitative estimate of drug-likeness (QED) is 0.557. The van der Waals surface area contributed by atoms with Crippen molar-refractivity contribution in [3.63, 3.8) is 0 Å². The predicted molar refractivity (Wildman–Crippen MR) is 50.4 cm³/mol. The van der Waals surface area contributed by atoms with Crippen LogP contribution in [0.2, 0.25) is 12.6 Å². The summed E-state index contributed by atoms with van der Waals surface area (Å²) in [4.78, 5) is 0. The Balaban J connectivity index is 1.95. The molecule has 1 saturated heterocycles. The molecular weight excluding hydrogens is 131 g/mol. The lowest BCUT2D eigenvalue weighted by Gasteiger charge is -2.24. The second-order valence-corrected chi connectivity index (χ2v) is 3.49. The number of rotatable bonds is 2. The first kappa shape index (κ1) is 6.96. The van der Waals surface area contributed by atoms with Gasteiger partial charge in [-0.15, -0.1) is 0 Å². The second-order valence-electron chi connectivity index (χ2n) is 3.49. The highest BCUT2D eigenvalue weighted by Gasteiger charge is 2.18. The molecule has 0 radical (unpaired) electrons. The molecular formula is C10H13B. The van der Waals surface area contributed by atoms with E-state index < -0.39 is 0 Å². The van der Waals surface area contributed by atoms with Crippen LogP contribution in [0.4, 0.5) is 0 Å². The van der Waals surface area contributed by atoms with Crippen LogP contribution in [0, 0.1) is 5.92 Å². The number of hydrogen-bond acceptors (Lipinski definition) is 0. The molecule has 0 spiro atoms. The van der Waals surface area contributed by atoms with E-state index in [4.69, 9.17) is 0 Å². The Morgan fingerprint density at radius 3 is 2.45 bits per heavy atom. The van der Waals surface area contributed by atoms with E-state index in [2.05, 4.69) is 30.3 Å². The van der Waals surface area contributed by atoms with E-state index in [-0.39, 0.29) is 0 Å². The molecule has 1 heterocycles. The molecule has 0 atom stereocenters. The Labute approximate surface area is 68.9 Å². The highest BCUT2D eigenvalue weighted by atomic mass is 14.1. The van der Waals surface area contributed by atoms with Gasteiger partial charge in [0.15, 0.2) is 0 Å². The van der Waals surface area contributed by atoms with Crippen LogP contribution < -0.4 is 0 Å². The summed E-state index contributed by atoms with van der Waals surface area (Å²) >= 11 is 0. The van der Waals surface area contributed by atoms with Crippen molar-refractivity contribution in [3.05, 3.63) is 35.9 Å². The van der Waals surface area contributed by atoms with E-state index in [1.54, 1.807) is 0 Å². The molecule has 0 unspecified atom stereocenters. The van der Waals surface area contributed by atoms with E-state index >= 15 is 0 Å². The van der Waals surface area contributed by atoms with Gasteiger partial charge in [-0.3, -0.25) is 0 Å². The van der Waals surface area contributed by atoms with E-state index in [0.29, 0.717) is 0 Å². The third kappa shape index (κ3) is 1.65. The van der Waals surface area contributed by atoms with Gasteiger partial charge < -0.3 is 0 Å². The fourth-order valence-corrected chi connectivity index (χ4v) is 1.64. The molecule has 1 heteroatoms. The maximum absolute atomic E-state index is 2.23. The fraction of sp³-hybridized carbons (Fsp3) is 0.400. The topological polar surface area (TPSA) is 0 Å². The lowest BCUT2D eigenvalue weighted by Crippen LogP contribution is -2.19. The SMILES string of the molecule is B1CC(Cc2ccccc2)C1. The Kier molecular flexibility index (Phi) is 1.98. The van der Waals surface area contributed by atoms with E-state index in [1.165, 1.54) is 31.9 Å². The average molecular weight is 144 g/mol. The van der Waals surface area contributed by atoms with Gasteiger partial charge in [-0.1, -0.05) is 48.9 Å². The van der Waals surface area contributed by atoms with Gasteiger partial charge in [0.2, 0.25) is 0 Å². The Morgan fingerprint density at radius 2 is 1.91 bits per heavy atom. The summed E-state index contributed by atoms with van der Waals surface area (Å²) in [7, 11) is 1.46. The van der Waals surface area contributed by atoms with E-state index in [1.807, 2.05) is 0 Å². The third-order valence-electron chi connectivity index (χ3n) is 2.59. The first-order chi connectivity index (χ1) is 5.45. The molecule has 1 fully saturated rings. The maximum atomic E-state index is 2.23. The Hall–Kier alpha value is -0.715. The van der Waals surface area contributed by atoms with Crippen molar-refractivity contribution in [2.24, 2.45) is 5.92 Å². The summed E-state index contributed by atoms with van der Waals surface area (Å²) in [5.74, 6) is 0.998. The summed E-state index contributed by atoms with van der Waals surface area (Å²) in [5.41, 5.74) is 1.51. The molecule has 0 saturated carbocycles. The van der Waals surface area contributed by atoms with Crippen LogP contribution in [0.25, 0.3) is 0 Å². The van der Waals surface area contributed by atoms with Crippen molar-refractivity contribution in [2.75, 3.05) is 0 Å². The molecule has 1 aromatic carbocycles. The van der Waals surface area contributed by atoms with Gasteiger partial charge in [-0.2, -0.15) is 0 Å². The zero-order valence-corrected chi connectivity index (χ0v) is 6.79. The average Bonchev–Trinajstić information content (AvgIpc) is 1.99. The van der Waals surface area contributed by atoms with Crippen molar-refractivity contribution in [1.29, 1.82) is 0 Å². The minimum absolute atomic E-state index is 0.998. The minimum atomic E-state index is 0.998. The highest BCUT2D eigenvalue weighted by Crippen LogP contribution is 2.25. The van der Waals surface area contributed by atoms with Crippen LogP contribution in [0.15, 0.2) is 30.3 Å². The molecule has 0 amide bonds. The first-order valence-corrected chi connectivity index (χ1v) is 4.49. The molecule has 2 rings (SSSR count). The second kappa shape index (κ2) is 3.12. The van der Waals surface area contributed by atoms with E-state index in [0.717, 1.165) is 5.92 Å². The van der Waals surface area contributed by atoms with Crippen molar-refractivity contribution in [2.45, 2.75) is 19.1 Å². The molecule has 56 valence electrons. The predicted octanol–water partition coefficient (Wildman–Crippen LogP) is 2.13. The lowest BCUT2D eigenvalue weighted by atomic mass is 9.50. The van der Waals surface area contributed by atoms with Crippen molar-refractivity contribution in [1.82, 2.24) is 0 Å². The zero-order valence-electron chi connectivity index (χ0n) is 6.79. The Morgan fingerprint density at radius 1 is 1.18 bits per heavy atom. The maximum Gasteiger partial charge on any atom is 0.121 e. The monoisotopic (exact) mass is 144 g/mol. The van der Waals surface area contributed by atoms with Crippen molar-refractivity contribution in [3.8, 4) is 0 Å². The highest BCUT2D eigenvalue weighted by molar-refractivity contribution is 6.39. The molecule has 0 N–H and O–H groups in total. The lowest BCUT2D eigenvalue weighted by molar-refractivity contribution is 0.591. The largest absolute Gasteiger partial charge is 0.121 e. The zero-order chi connectivity index (χ0) is 7.52. The third-order valence-corrected chi connectivity index (χ3v) is 2.59. The summed E-state index contributed by atoms with van der Waals surface area (Å²) < 4.78 is 0. The van der Waals surface area contributed by atoms with Gasteiger partial charge in [0.25, 0.3) is 0 Å². The van der Waals surface area contributed by atoms with Crippen LogP contribution in [-0.4, -0.2) is 7.28 Å². The first-order valence-electron chi connectivity index (χ1n) is 4.49. The van der Waals surface area contributed by atoms with Crippen molar-refractivity contribution >= 4 is 7.28 Å². The molecule has 0 aliphatic carbocycles. The normalized spacial score (nSPS) is 17.1. The summed E-state index contributed by atoms with van der Waals surface area (Å²) in [6.45, 7) is 0. The van der Waals surface area contributed by atoms with Gasteiger partial charge in [-0.25, -0.2) is 0 Å². The van der Waals surface area contributed by atoms with Gasteiger partial charge in [0.1, 0.15) is 7.28 Å². The molecule has 11 heavy (non-hydrogen) atoms. The molecule has 1 aliphatic heterocycles. The van der Waals surface area contributed by atoms with Gasteiger partial charge >= 0.3 is 0 Å². The number of hydrogen-bond donors (Lipinski definition) is 0. The van der Waals surface area contributed by atoms with Crippen LogP contribution >= 0.6 is 0 Å². The van der Waals surface area contributed by atoms with Gasteiger partial charge in [0, 0.05) is 0 Å². The van der Waals surface area contributed by atoms with Crippen LogP contribution in [0.5, 0.6) is 0 Å². The fourth-order valence-electron chi connectivity index (χ4n) is 1.64. The Bertz CT molecular complexity index is 214. The summed E-state index contributed by atoms with van der Waals surface area (Å²) in [5, 5.41) is 0. The smallest absolute Gasteiger partial charge is 0.0750 e. The van der Waals surface area contributed by atoms with E-state index in [9.17, 15) is 0 Å². The minimum Gasteiger partial charge on any atom is -0.0750 e.